The second kappa shape index (κ2) is 7.72. The Balaban J connectivity index is 1.71. The molecule has 2 heterocycles. The van der Waals surface area contributed by atoms with Gasteiger partial charge in [-0.25, -0.2) is 8.42 Å². The lowest BCUT2D eigenvalue weighted by molar-refractivity contribution is 0.0674. The Labute approximate surface area is 154 Å². The number of aromatic nitrogens is 1. The molecule has 3 rings (SSSR count). The number of hydrogen-bond donors (Lipinski definition) is 1. The van der Waals surface area contributed by atoms with Gasteiger partial charge in [-0.3, -0.25) is 4.79 Å². The van der Waals surface area contributed by atoms with Crippen LogP contribution < -0.4 is 0 Å². The van der Waals surface area contributed by atoms with Crippen molar-refractivity contribution < 1.29 is 13.2 Å². The summed E-state index contributed by atoms with van der Waals surface area (Å²) < 4.78 is 26.9. The van der Waals surface area contributed by atoms with Crippen molar-refractivity contribution in [3.05, 3.63) is 18.0 Å². The van der Waals surface area contributed by atoms with Crippen LogP contribution in [0.15, 0.2) is 17.2 Å². The zero-order chi connectivity index (χ0) is 18.0. The number of amides is 1. The van der Waals surface area contributed by atoms with Gasteiger partial charge in [0.05, 0.1) is 0 Å². The van der Waals surface area contributed by atoms with Crippen molar-refractivity contribution >= 4 is 27.7 Å². The molecule has 1 aromatic rings. The zero-order valence-electron chi connectivity index (χ0n) is 14.9. The SMILES string of the molecule is CC1CCC(N(C)C(=O)c2cc(S(=O)(=O)N3CCSCC3)c[nH]2)CC1. The standard InChI is InChI=1S/C17H27N3O3S2/c1-13-3-5-14(6-4-13)19(2)17(21)16-11-15(12-18-16)25(22,23)20-7-9-24-10-8-20/h11-14,18H,3-10H2,1-2H3. The summed E-state index contributed by atoms with van der Waals surface area (Å²) in [7, 11) is -1.70. The van der Waals surface area contributed by atoms with E-state index in [0.717, 1.165) is 43.1 Å². The molecule has 0 atom stereocenters. The Morgan fingerprint density at radius 3 is 2.52 bits per heavy atom. The van der Waals surface area contributed by atoms with Gasteiger partial charge in [-0.1, -0.05) is 6.92 Å². The minimum Gasteiger partial charge on any atom is -0.356 e. The molecule has 0 aromatic carbocycles. The Kier molecular flexibility index (Phi) is 5.80. The highest BCUT2D eigenvalue weighted by atomic mass is 32.2. The van der Waals surface area contributed by atoms with Gasteiger partial charge in [0.1, 0.15) is 10.6 Å². The first-order valence-electron chi connectivity index (χ1n) is 8.93. The molecular formula is C17H27N3O3S2. The van der Waals surface area contributed by atoms with Crippen LogP contribution in [0, 0.1) is 5.92 Å². The molecule has 0 radical (unpaired) electrons. The lowest BCUT2D eigenvalue weighted by Crippen LogP contribution is -2.39. The highest BCUT2D eigenvalue weighted by Gasteiger charge is 2.30. The van der Waals surface area contributed by atoms with Crippen molar-refractivity contribution in [2.75, 3.05) is 31.6 Å². The van der Waals surface area contributed by atoms with E-state index >= 15 is 0 Å². The smallest absolute Gasteiger partial charge is 0.270 e. The first-order valence-corrected chi connectivity index (χ1v) is 11.5. The number of rotatable bonds is 4. The summed E-state index contributed by atoms with van der Waals surface area (Å²) in [6.45, 7) is 3.31. The van der Waals surface area contributed by atoms with Crippen molar-refractivity contribution in [3.63, 3.8) is 0 Å². The Morgan fingerprint density at radius 2 is 1.88 bits per heavy atom. The lowest BCUT2D eigenvalue weighted by atomic mass is 9.86. The quantitative estimate of drug-likeness (QED) is 0.864. The number of nitrogens with zero attached hydrogens (tertiary/aromatic N) is 2. The Bertz CT molecular complexity index is 702. The van der Waals surface area contributed by atoms with Crippen LogP contribution in [0.5, 0.6) is 0 Å². The first-order chi connectivity index (χ1) is 11.9. The Hall–Kier alpha value is -0.990. The number of sulfonamides is 1. The van der Waals surface area contributed by atoms with Gasteiger partial charge in [0.15, 0.2) is 0 Å². The number of carbonyl (C=O) groups is 1. The van der Waals surface area contributed by atoms with Gasteiger partial charge >= 0.3 is 0 Å². The van der Waals surface area contributed by atoms with Crippen LogP contribution in [0.25, 0.3) is 0 Å². The molecule has 0 bridgehead atoms. The van der Waals surface area contributed by atoms with Gasteiger partial charge in [0.2, 0.25) is 10.0 Å². The van der Waals surface area contributed by atoms with Crippen LogP contribution in [0.3, 0.4) is 0 Å². The fourth-order valence-electron chi connectivity index (χ4n) is 3.57. The number of H-pyrrole nitrogens is 1. The molecule has 1 aliphatic heterocycles. The summed E-state index contributed by atoms with van der Waals surface area (Å²) >= 11 is 1.77. The number of thioether (sulfide) groups is 1. The van der Waals surface area contributed by atoms with Crippen LogP contribution in [0.1, 0.15) is 43.1 Å². The van der Waals surface area contributed by atoms with E-state index in [1.807, 2.05) is 7.05 Å². The molecular weight excluding hydrogens is 358 g/mol. The van der Waals surface area contributed by atoms with Gasteiger partial charge < -0.3 is 9.88 Å². The average Bonchev–Trinajstić information content (AvgIpc) is 3.13. The molecule has 2 aliphatic rings. The highest BCUT2D eigenvalue weighted by Crippen LogP contribution is 2.27. The Morgan fingerprint density at radius 1 is 1.24 bits per heavy atom. The second-order valence-corrected chi connectivity index (χ2v) is 10.3. The summed E-state index contributed by atoms with van der Waals surface area (Å²) in [6.07, 6.45) is 5.75. The lowest BCUT2D eigenvalue weighted by Gasteiger charge is -2.33. The van der Waals surface area contributed by atoms with E-state index in [0.29, 0.717) is 18.8 Å². The van der Waals surface area contributed by atoms with E-state index < -0.39 is 10.0 Å². The maximum absolute atomic E-state index is 12.7. The number of aromatic amines is 1. The van der Waals surface area contributed by atoms with Crippen molar-refractivity contribution in [3.8, 4) is 0 Å². The average molecular weight is 386 g/mol. The van der Waals surface area contributed by atoms with Crippen molar-refractivity contribution in [2.45, 2.75) is 43.5 Å². The van der Waals surface area contributed by atoms with Crippen molar-refractivity contribution in [1.82, 2.24) is 14.2 Å². The van der Waals surface area contributed by atoms with Crippen LogP contribution in [-0.2, 0) is 10.0 Å². The van der Waals surface area contributed by atoms with Gasteiger partial charge in [-0.15, -0.1) is 0 Å². The summed E-state index contributed by atoms with van der Waals surface area (Å²) in [5.74, 6) is 2.23. The van der Waals surface area contributed by atoms with Crippen LogP contribution in [0.4, 0.5) is 0 Å². The molecule has 0 unspecified atom stereocenters. The van der Waals surface area contributed by atoms with Gasteiger partial charge in [-0.05, 0) is 37.7 Å². The molecule has 140 valence electrons. The number of hydrogen-bond acceptors (Lipinski definition) is 4. The van der Waals surface area contributed by atoms with Crippen LogP contribution in [-0.4, -0.2) is 66.2 Å². The predicted molar refractivity (Wildman–Crippen MR) is 100 cm³/mol. The van der Waals surface area contributed by atoms with Crippen LogP contribution >= 0.6 is 11.8 Å². The third kappa shape index (κ3) is 4.06. The summed E-state index contributed by atoms with van der Waals surface area (Å²) in [5.41, 5.74) is 0.353. The topological polar surface area (TPSA) is 73.5 Å². The number of nitrogens with one attached hydrogen (secondary N) is 1. The first kappa shape index (κ1) is 18.8. The third-order valence-corrected chi connectivity index (χ3v) is 8.17. The van der Waals surface area contributed by atoms with E-state index in [4.69, 9.17) is 0 Å². The summed E-state index contributed by atoms with van der Waals surface area (Å²) in [5, 5.41) is 0. The molecule has 2 fully saturated rings. The largest absolute Gasteiger partial charge is 0.356 e. The monoisotopic (exact) mass is 385 g/mol. The minimum absolute atomic E-state index is 0.129. The molecule has 8 heteroatoms. The van der Waals surface area contributed by atoms with Gasteiger partial charge in [0, 0.05) is 43.9 Å². The van der Waals surface area contributed by atoms with Crippen molar-refractivity contribution in [2.24, 2.45) is 5.92 Å². The van der Waals surface area contributed by atoms with Gasteiger partial charge in [0.25, 0.3) is 5.91 Å². The van der Waals surface area contributed by atoms with E-state index in [1.165, 1.54) is 16.6 Å². The zero-order valence-corrected chi connectivity index (χ0v) is 16.5. The van der Waals surface area contributed by atoms with E-state index in [9.17, 15) is 13.2 Å². The normalized spacial score (nSPS) is 25.7. The number of carbonyl (C=O) groups excluding carboxylic acids is 1. The maximum Gasteiger partial charge on any atom is 0.270 e. The molecule has 6 nitrogen and oxygen atoms in total. The third-order valence-electron chi connectivity index (χ3n) is 5.35. The maximum atomic E-state index is 12.7. The molecule has 1 aliphatic carbocycles. The van der Waals surface area contributed by atoms with Crippen molar-refractivity contribution in [1.29, 1.82) is 0 Å². The molecule has 1 N–H and O–H groups in total. The molecule has 1 amide bonds. The minimum atomic E-state index is -3.51. The molecule has 25 heavy (non-hydrogen) atoms. The molecule has 1 aromatic heterocycles. The van der Waals surface area contributed by atoms with E-state index in [2.05, 4.69) is 11.9 Å². The van der Waals surface area contributed by atoms with E-state index in [1.54, 1.807) is 16.7 Å². The summed E-state index contributed by atoms with van der Waals surface area (Å²) in [6, 6.07) is 1.73. The fraction of sp³-hybridized carbons (Fsp3) is 0.706. The molecule has 1 saturated carbocycles. The van der Waals surface area contributed by atoms with E-state index in [-0.39, 0.29) is 16.8 Å². The molecule has 0 spiro atoms. The van der Waals surface area contributed by atoms with Crippen LogP contribution in [0.2, 0.25) is 0 Å². The van der Waals surface area contributed by atoms with Gasteiger partial charge in [-0.2, -0.15) is 16.1 Å². The fourth-order valence-corrected chi connectivity index (χ4v) is 6.14. The predicted octanol–water partition coefficient (Wildman–Crippen LogP) is 2.40. The molecule has 1 saturated heterocycles. The summed E-state index contributed by atoms with van der Waals surface area (Å²) in [4.78, 5) is 17.6. The second-order valence-electron chi connectivity index (χ2n) is 7.10. The highest BCUT2D eigenvalue weighted by molar-refractivity contribution is 7.99.